The molecule has 0 fully saturated rings. The van der Waals surface area contributed by atoms with Crippen LogP contribution < -0.4 is 0 Å². The van der Waals surface area contributed by atoms with Gasteiger partial charge in [-0.3, -0.25) is 9.13 Å². The van der Waals surface area contributed by atoms with Gasteiger partial charge in [-0.25, -0.2) is 15.0 Å². The van der Waals surface area contributed by atoms with Crippen LogP contribution in [0.3, 0.4) is 0 Å². The average molecular weight is 448 g/mol. The van der Waals surface area contributed by atoms with E-state index in [1.165, 1.54) is 0 Å². The van der Waals surface area contributed by atoms with Crippen LogP contribution in [0.5, 0.6) is 0 Å². The number of imidazole rings is 1. The van der Waals surface area contributed by atoms with E-state index in [-0.39, 0.29) is 33.0 Å². The lowest BCUT2D eigenvalue weighted by molar-refractivity contribution is 0.192. The summed E-state index contributed by atoms with van der Waals surface area (Å²) in [5.41, 5.74) is 1.87. The Morgan fingerprint density at radius 2 is 1.38 bits per heavy atom. The molecule has 12 heteroatoms. The van der Waals surface area contributed by atoms with Crippen LogP contribution in [0.1, 0.15) is 39.2 Å². The van der Waals surface area contributed by atoms with Crippen molar-refractivity contribution in [2.45, 2.75) is 53.5 Å². The van der Waals surface area contributed by atoms with E-state index in [1.54, 1.807) is 45.5 Å². The van der Waals surface area contributed by atoms with Gasteiger partial charge in [-0.2, -0.15) is 0 Å². The fourth-order valence-electron chi connectivity index (χ4n) is 3.04. The lowest BCUT2D eigenvalue weighted by Gasteiger charge is -2.31. The molecular weight excluding hydrogens is 418 g/mol. The summed E-state index contributed by atoms with van der Waals surface area (Å²) in [6, 6.07) is 0. The molecule has 10 nitrogen and oxygen atoms in total. The van der Waals surface area contributed by atoms with E-state index in [2.05, 4.69) is 15.0 Å². The summed E-state index contributed by atoms with van der Waals surface area (Å²) in [6.45, 7) is 10.9. The molecule has 0 aliphatic rings. The Kier molecular flexibility index (Phi) is 8.52. The maximum absolute atomic E-state index is 13.7. The van der Waals surface area contributed by atoms with Gasteiger partial charge in [0.25, 0.3) is 0 Å². The fourth-order valence-corrected chi connectivity index (χ4v) is 8.26. The number of fused-ring (bicyclic) bond motifs is 1. The van der Waals surface area contributed by atoms with Gasteiger partial charge in [0.05, 0.1) is 45.0 Å². The highest BCUT2D eigenvalue weighted by Gasteiger charge is 2.51. The molecule has 2 aromatic heterocycles. The van der Waals surface area contributed by atoms with Crippen molar-refractivity contribution in [2.75, 3.05) is 26.4 Å². The molecule has 0 atom stereocenters. The van der Waals surface area contributed by atoms with Gasteiger partial charge in [0.15, 0.2) is 11.0 Å². The molecule has 2 aromatic rings. The Hall–Kier alpha value is -1.15. The van der Waals surface area contributed by atoms with E-state index in [1.807, 2.05) is 6.92 Å². The Morgan fingerprint density at radius 3 is 1.83 bits per heavy atom. The monoisotopic (exact) mass is 448 g/mol. The third kappa shape index (κ3) is 5.32. The average Bonchev–Trinajstić information content (AvgIpc) is 3.03. The van der Waals surface area contributed by atoms with Crippen LogP contribution in [0, 0.1) is 13.8 Å². The fraction of sp³-hybridized carbons (Fsp3) is 0.706. The molecule has 0 amide bonds. The lowest BCUT2D eigenvalue weighted by atomic mass is 10.4. The molecule has 0 unspecified atom stereocenters. The van der Waals surface area contributed by atoms with Gasteiger partial charge in [0, 0.05) is 0 Å². The van der Waals surface area contributed by atoms with Gasteiger partial charge in [-0.15, -0.1) is 0 Å². The molecule has 0 aliphatic heterocycles. The van der Waals surface area contributed by atoms with Crippen LogP contribution in [0.15, 0.2) is 6.33 Å². The SMILES string of the molecule is CCOP(=O)(OCC)C(Cn1cnc2c(C)nc(C)nc21)P(=O)(OCC)OCC. The van der Waals surface area contributed by atoms with Crippen molar-refractivity contribution in [2.24, 2.45) is 0 Å². The molecule has 164 valence electrons. The third-order valence-electron chi connectivity index (χ3n) is 4.08. The molecule has 0 saturated heterocycles. The van der Waals surface area contributed by atoms with Crippen LogP contribution in [-0.2, 0) is 33.8 Å². The van der Waals surface area contributed by atoms with Gasteiger partial charge >= 0.3 is 15.2 Å². The first-order chi connectivity index (χ1) is 13.7. The number of rotatable bonds is 12. The minimum absolute atomic E-state index is 0.0268. The third-order valence-corrected chi connectivity index (χ3v) is 10.0. The molecule has 29 heavy (non-hydrogen) atoms. The summed E-state index contributed by atoms with van der Waals surface area (Å²) < 4.78 is 51.0. The number of aryl methyl sites for hydroxylation is 2. The van der Waals surface area contributed by atoms with Gasteiger partial charge in [-0.1, -0.05) is 0 Å². The van der Waals surface area contributed by atoms with Crippen LogP contribution in [-0.4, -0.2) is 51.3 Å². The standard InChI is InChI=1S/C17H30N4O6P2/c1-7-24-28(22,25-8-2)15(29(23,26-9-3)27-10-4)11-21-12-18-16-13(5)19-14(6)20-17(16)21/h12,15H,7-11H2,1-6H3. The van der Waals surface area contributed by atoms with Gasteiger partial charge < -0.3 is 22.7 Å². The van der Waals surface area contributed by atoms with Crippen molar-refractivity contribution >= 4 is 26.4 Å². The van der Waals surface area contributed by atoms with Gasteiger partial charge in [-0.05, 0) is 41.5 Å². The number of aromatic nitrogens is 4. The predicted octanol–water partition coefficient (Wildman–Crippen LogP) is 4.30. The Bertz CT molecular complexity index is 869. The van der Waals surface area contributed by atoms with Gasteiger partial charge in [0.1, 0.15) is 11.3 Å². The van der Waals surface area contributed by atoms with E-state index in [9.17, 15) is 9.13 Å². The van der Waals surface area contributed by atoms with Crippen molar-refractivity contribution < 1.29 is 27.2 Å². The highest BCUT2D eigenvalue weighted by molar-refractivity contribution is 7.72. The zero-order valence-electron chi connectivity index (χ0n) is 17.8. The van der Waals surface area contributed by atoms with E-state index >= 15 is 0 Å². The maximum atomic E-state index is 13.7. The minimum atomic E-state index is -3.86. The molecule has 0 bridgehead atoms. The lowest BCUT2D eigenvalue weighted by Crippen LogP contribution is -2.23. The highest BCUT2D eigenvalue weighted by atomic mass is 31.2. The first-order valence-electron chi connectivity index (χ1n) is 9.68. The van der Waals surface area contributed by atoms with Crippen molar-refractivity contribution in [3.8, 4) is 0 Å². The molecule has 0 aliphatic carbocycles. The normalized spacial score (nSPS) is 12.9. The zero-order chi connectivity index (χ0) is 21.7. The number of hydrogen-bond acceptors (Lipinski definition) is 9. The summed E-state index contributed by atoms with van der Waals surface area (Å²) in [5, 5.41) is -1.18. The Labute approximate surface area is 171 Å². The Balaban J connectivity index is 2.61. The second-order valence-electron chi connectivity index (χ2n) is 6.16. The smallest absolute Gasteiger partial charge is 0.314 e. The molecule has 0 radical (unpaired) electrons. The minimum Gasteiger partial charge on any atom is -0.314 e. The van der Waals surface area contributed by atoms with Gasteiger partial charge in [0.2, 0.25) is 0 Å². The molecule has 0 N–H and O–H groups in total. The van der Waals surface area contributed by atoms with E-state index in [4.69, 9.17) is 18.1 Å². The van der Waals surface area contributed by atoms with Crippen LogP contribution in [0.4, 0.5) is 0 Å². The molecule has 2 rings (SSSR count). The second kappa shape index (κ2) is 10.2. The van der Waals surface area contributed by atoms with Crippen molar-refractivity contribution in [1.82, 2.24) is 19.5 Å². The second-order valence-corrected chi connectivity index (χ2v) is 11.0. The van der Waals surface area contributed by atoms with E-state index in [0.717, 1.165) is 5.69 Å². The van der Waals surface area contributed by atoms with Crippen LogP contribution in [0.2, 0.25) is 0 Å². The number of nitrogens with zero attached hydrogens (tertiary/aromatic N) is 4. The van der Waals surface area contributed by atoms with E-state index in [0.29, 0.717) is 17.0 Å². The van der Waals surface area contributed by atoms with Crippen molar-refractivity contribution in [1.29, 1.82) is 0 Å². The quantitative estimate of drug-likeness (QED) is 0.438. The van der Waals surface area contributed by atoms with Crippen LogP contribution >= 0.6 is 15.2 Å². The molecule has 0 saturated carbocycles. The summed E-state index contributed by atoms with van der Waals surface area (Å²) in [7, 11) is -7.72. The maximum Gasteiger partial charge on any atom is 0.347 e. The van der Waals surface area contributed by atoms with Crippen molar-refractivity contribution in [3.05, 3.63) is 17.8 Å². The summed E-state index contributed by atoms with van der Waals surface area (Å²) in [6.07, 6.45) is 1.54. The first kappa shape index (κ1) is 24.1. The summed E-state index contributed by atoms with van der Waals surface area (Å²) in [5.74, 6) is 0.573. The first-order valence-corrected chi connectivity index (χ1v) is 12.9. The highest BCUT2D eigenvalue weighted by Crippen LogP contribution is 2.70. The topological polar surface area (TPSA) is 115 Å². The zero-order valence-corrected chi connectivity index (χ0v) is 19.6. The largest absolute Gasteiger partial charge is 0.347 e. The summed E-state index contributed by atoms with van der Waals surface area (Å²) >= 11 is 0. The van der Waals surface area contributed by atoms with E-state index < -0.39 is 20.6 Å². The summed E-state index contributed by atoms with van der Waals surface area (Å²) in [4.78, 5) is 13.1. The molecular formula is C17H30N4O6P2. The van der Waals surface area contributed by atoms with Crippen LogP contribution in [0.25, 0.3) is 11.2 Å². The molecule has 2 heterocycles. The number of hydrogen-bond donors (Lipinski definition) is 0. The van der Waals surface area contributed by atoms with Crippen molar-refractivity contribution in [3.63, 3.8) is 0 Å². The Morgan fingerprint density at radius 1 is 0.897 bits per heavy atom. The predicted molar refractivity (Wildman–Crippen MR) is 110 cm³/mol. The molecule has 0 spiro atoms. The molecule has 0 aromatic carbocycles.